The Morgan fingerprint density at radius 2 is 1.73 bits per heavy atom. The molecule has 4 rings (SSSR count). The molecule has 2 amide bonds. The summed E-state index contributed by atoms with van der Waals surface area (Å²) in [4.78, 5) is 26.7. The van der Waals surface area contributed by atoms with E-state index in [4.69, 9.17) is 16.3 Å². The molecule has 2 aliphatic rings. The van der Waals surface area contributed by atoms with E-state index in [0.717, 1.165) is 16.2 Å². The zero-order valence-electron chi connectivity index (χ0n) is 13.9. The Labute approximate surface area is 154 Å². The van der Waals surface area contributed by atoms with Crippen LogP contribution in [0, 0.1) is 0 Å². The zero-order valence-corrected chi connectivity index (χ0v) is 14.6. The van der Waals surface area contributed by atoms with Crippen molar-refractivity contribution in [2.24, 2.45) is 10.3 Å². The van der Waals surface area contributed by atoms with Gasteiger partial charge in [-0.05, 0) is 42.0 Å². The van der Waals surface area contributed by atoms with Crippen molar-refractivity contribution in [1.29, 1.82) is 0 Å². The first kappa shape index (κ1) is 16.5. The van der Waals surface area contributed by atoms with E-state index in [9.17, 15) is 9.59 Å². The number of carbonyl (C=O) groups excluding carboxylic acids is 2. The molecule has 8 heteroatoms. The quantitative estimate of drug-likeness (QED) is 0.775. The van der Waals surface area contributed by atoms with Gasteiger partial charge in [0.1, 0.15) is 5.75 Å². The van der Waals surface area contributed by atoms with Crippen molar-refractivity contribution in [2.45, 2.75) is 18.6 Å². The molecule has 0 aliphatic carbocycles. The molecular weight excluding hydrogens is 356 g/mol. The van der Waals surface area contributed by atoms with Gasteiger partial charge >= 0.3 is 0 Å². The van der Waals surface area contributed by atoms with E-state index < -0.39 is 12.1 Å². The molecule has 26 heavy (non-hydrogen) atoms. The number of amides is 2. The van der Waals surface area contributed by atoms with E-state index in [1.54, 1.807) is 36.4 Å². The number of hydrogen-bond donors (Lipinski definition) is 0. The predicted molar refractivity (Wildman–Crippen MR) is 94.9 cm³/mol. The monoisotopic (exact) mass is 370 g/mol. The first-order valence-electron chi connectivity index (χ1n) is 8.02. The highest BCUT2D eigenvalue weighted by atomic mass is 35.5. The standard InChI is InChI=1S/C18H15ClN4O3/c1-26-14-8-2-11(3-9-14)10-22-16-15(20-21-22)17(24)23(18(16)25)13-6-4-12(19)5-7-13/h2-9,15-16H,10H2,1H3. The fourth-order valence-corrected chi connectivity index (χ4v) is 3.24. The molecule has 0 saturated carbocycles. The lowest BCUT2D eigenvalue weighted by Gasteiger charge is -2.20. The summed E-state index contributed by atoms with van der Waals surface area (Å²) in [6.45, 7) is 0.377. The highest BCUT2D eigenvalue weighted by molar-refractivity contribution is 6.31. The summed E-state index contributed by atoms with van der Waals surface area (Å²) in [5.41, 5.74) is 1.42. The average molecular weight is 371 g/mol. The number of carbonyl (C=O) groups is 2. The maximum absolute atomic E-state index is 12.9. The van der Waals surface area contributed by atoms with Crippen LogP contribution in [0.1, 0.15) is 5.56 Å². The Hall–Kier alpha value is -2.93. The number of fused-ring (bicyclic) bond motifs is 1. The van der Waals surface area contributed by atoms with Gasteiger partial charge in [-0.1, -0.05) is 29.0 Å². The van der Waals surface area contributed by atoms with Crippen LogP contribution in [0.15, 0.2) is 58.9 Å². The second kappa shape index (κ2) is 6.42. The molecule has 0 bridgehead atoms. The molecule has 132 valence electrons. The Morgan fingerprint density at radius 1 is 1.04 bits per heavy atom. The number of nitrogens with zero attached hydrogens (tertiary/aromatic N) is 4. The summed E-state index contributed by atoms with van der Waals surface area (Å²) >= 11 is 5.88. The van der Waals surface area contributed by atoms with Crippen LogP contribution < -0.4 is 9.64 Å². The minimum absolute atomic E-state index is 0.333. The van der Waals surface area contributed by atoms with E-state index in [0.29, 0.717) is 17.3 Å². The molecule has 2 atom stereocenters. The Bertz CT molecular complexity index is 882. The number of methoxy groups -OCH3 is 1. The topological polar surface area (TPSA) is 74.6 Å². The summed E-state index contributed by atoms with van der Waals surface area (Å²) in [5.74, 6) is 0.0415. The molecule has 2 aromatic rings. The van der Waals surface area contributed by atoms with Gasteiger partial charge in [-0.25, -0.2) is 4.90 Å². The first-order valence-corrected chi connectivity index (χ1v) is 8.40. The van der Waals surface area contributed by atoms with Crippen LogP contribution in [0.2, 0.25) is 5.02 Å². The van der Waals surface area contributed by atoms with Gasteiger partial charge in [-0.3, -0.25) is 14.6 Å². The van der Waals surface area contributed by atoms with Gasteiger partial charge in [0, 0.05) is 5.02 Å². The van der Waals surface area contributed by atoms with Gasteiger partial charge in [0.05, 0.1) is 19.3 Å². The number of rotatable bonds is 4. The molecule has 0 spiro atoms. The number of benzene rings is 2. The second-order valence-corrected chi connectivity index (χ2v) is 6.46. The third-order valence-corrected chi connectivity index (χ3v) is 4.70. The number of anilines is 1. The molecule has 1 saturated heterocycles. The Kier molecular flexibility index (Phi) is 4.08. The summed E-state index contributed by atoms with van der Waals surface area (Å²) in [6.07, 6.45) is 0. The fraction of sp³-hybridized carbons (Fsp3) is 0.222. The highest BCUT2D eigenvalue weighted by Crippen LogP contribution is 2.33. The second-order valence-electron chi connectivity index (χ2n) is 6.03. The van der Waals surface area contributed by atoms with Crippen LogP contribution in [0.4, 0.5) is 5.69 Å². The largest absolute Gasteiger partial charge is 0.497 e. The summed E-state index contributed by atoms with van der Waals surface area (Å²) in [5, 5.41) is 10.2. The van der Waals surface area contributed by atoms with Crippen LogP contribution in [0.5, 0.6) is 5.75 Å². The zero-order chi connectivity index (χ0) is 18.3. The third kappa shape index (κ3) is 2.70. The molecular formula is C18H15ClN4O3. The lowest BCUT2D eigenvalue weighted by molar-refractivity contribution is -0.123. The minimum atomic E-state index is -0.809. The van der Waals surface area contributed by atoms with Gasteiger partial charge < -0.3 is 4.74 Å². The lowest BCUT2D eigenvalue weighted by Crippen LogP contribution is -2.39. The Balaban J connectivity index is 1.56. The van der Waals surface area contributed by atoms with E-state index in [2.05, 4.69) is 10.3 Å². The molecule has 0 radical (unpaired) electrons. The van der Waals surface area contributed by atoms with Crippen molar-refractivity contribution in [3.05, 3.63) is 59.1 Å². The average Bonchev–Trinajstić information content (AvgIpc) is 3.17. The Morgan fingerprint density at radius 3 is 2.38 bits per heavy atom. The molecule has 2 heterocycles. The van der Waals surface area contributed by atoms with Crippen LogP contribution in [0.3, 0.4) is 0 Å². The number of halogens is 1. The van der Waals surface area contributed by atoms with Crippen molar-refractivity contribution in [1.82, 2.24) is 5.01 Å². The smallest absolute Gasteiger partial charge is 0.263 e. The van der Waals surface area contributed by atoms with Crippen molar-refractivity contribution in [3.63, 3.8) is 0 Å². The van der Waals surface area contributed by atoms with Crippen molar-refractivity contribution >= 4 is 29.1 Å². The predicted octanol–water partition coefficient (Wildman–Crippen LogP) is 2.84. The molecule has 2 aliphatic heterocycles. The van der Waals surface area contributed by atoms with Crippen molar-refractivity contribution in [2.75, 3.05) is 12.0 Å². The van der Waals surface area contributed by atoms with Crippen molar-refractivity contribution in [3.8, 4) is 5.75 Å². The van der Waals surface area contributed by atoms with Gasteiger partial charge in [0.15, 0.2) is 12.1 Å². The van der Waals surface area contributed by atoms with Crippen LogP contribution >= 0.6 is 11.6 Å². The van der Waals surface area contributed by atoms with Crippen LogP contribution in [-0.4, -0.2) is 36.0 Å². The SMILES string of the molecule is COc1ccc(CN2N=NC3C(=O)N(c4ccc(Cl)cc4)C(=O)C32)cc1. The third-order valence-electron chi connectivity index (χ3n) is 4.45. The summed E-state index contributed by atoms with van der Waals surface area (Å²) < 4.78 is 5.14. The van der Waals surface area contributed by atoms with E-state index >= 15 is 0 Å². The lowest BCUT2D eigenvalue weighted by atomic mass is 10.1. The van der Waals surface area contributed by atoms with E-state index in [1.807, 2.05) is 24.3 Å². The summed E-state index contributed by atoms with van der Waals surface area (Å²) in [7, 11) is 1.60. The minimum Gasteiger partial charge on any atom is -0.497 e. The van der Waals surface area contributed by atoms with Gasteiger partial charge in [-0.2, -0.15) is 5.11 Å². The van der Waals surface area contributed by atoms with Crippen molar-refractivity contribution < 1.29 is 14.3 Å². The van der Waals surface area contributed by atoms with Gasteiger partial charge in [0.2, 0.25) is 0 Å². The number of hydrogen-bond acceptors (Lipinski definition) is 6. The summed E-state index contributed by atoms with van der Waals surface area (Å²) in [6, 6.07) is 12.5. The molecule has 0 N–H and O–H groups in total. The maximum atomic E-state index is 12.9. The molecule has 0 aromatic heterocycles. The highest BCUT2D eigenvalue weighted by Gasteiger charge is 2.54. The maximum Gasteiger partial charge on any atom is 0.263 e. The van der Waals surface area contributed by atoms with E-state index in [-0.39, 0.29) is 11.8 Å². The molecule has 2 unspecified atom stereocenters. The fourth-order valence-electron chi connectivity index (χ4n) is 3.12. The van der Waals surface area contributed by atoms with Gasteiger partial charge in [0.25, 0.3) is 11.8 Å². The number of ether oxygens (including phenoxy) is 1. The number of imide groups is 1. The molecule has 7 nitrogen and oxygen atoms in total. The van der Waals surface area contributed by atoms with Crippen LogP contribution in [0.25, 0.3) is 0 Å². The molecule has 1 fully saturated rings. The normalized spacial score (nSPS) is 21.5. The van der Waals surface area contributed by atoms with Crippen LogP contribution in [-0.2, 0) is 16.1 Å². The van der Waals surface area contributed by atoms with Gasteiger partial charge in [-0.15, -0.1) is 0 Å². The first-order chi connectivity index (χ1) is 12.6. The van der Waals surface area contributed by atoms with E-state index in [1.165, 1.54) is 0 Å². The molecule has 2 aromatic carbocycles.